The molecule has 1 unspecified atom stereocenters. The van der Waals surface area contributed by atoms with Crippen LogP contribution >= 0.6 is 0 Å². The van der Waals surface area contributed by atoms with Gasteiger partial charge in [-0.2, -0.15) is 13.2 Å². The number of piperidine rings is 1. The number of nitrogens with one attached hydrogen (secondary N) is 1. The molecule has 1 aromatic carbocycles. The molecule has 2 rings (SSSR count). The van der Waals surface area contributed by atoms with Crippen LogP contribution in [0, 0.1) is 0 Å². The summed E-state index contributed by atoms with van der Waals surface area (Å²) in [5.74, 6) is 0. The molecule has 1 aliphatic rings. The summed E-state index contributed by atoms with van der Waals surface area (Å²) in [6, 6.07) is 7.80. The molecule has 0 spiro atoms. The van der Waals surface area contributed by atoms with E-state index in [4.69, 9.17) is 0 Å². The van der Waals surface area contributed by atoms with Crippen LogP contribution in [0.15, 0.2) is 30.3 Å². The van der Waals surface area contributed by atoms with Crippen molar-refractivity contribution >= 4 is 0 Å². The van der Waals surface area contributed by atoms with E-state index < -0.39 is 12.2 Å². The summed E-state index contributed by atoms with van der Waals surface area (Å²) >= 11 is 0. The molecule has 1 N–H and O–H groups in total. The standard InChI is InChI=1S/C12H14F3N/c13-12(14,15)11-8-4-7-10(16-11)9-5-2-1-3-6-9/h1-3,5-6,10-11,16H,4,7-8H2/t10?,11-/m0/s1. The normalized spacial score (nSPS) is 26.7. The highest BCUT2D eigenvalue weighted by atomic mass is 19.4. The van der Waals surface area contributed by atoms with Crippen molar-refractivity contribution in [3.63, 3.8) is 0 Å². The van der Waals surface area contributed by atoms with Gasteiger partial charge in [0.25, 0.3) is 0 Å². The molecule has 0 aliphatic carbocycles. The molecule has 2 atom stereocenters. The van der Waals surface area contributed by atoms with Crippen LogP contribution in [0.5, 0.6) is 0 Å². The number of hydrogen-bond donors (Lipinski definition) is 1. The van der Waals surface area contributed by atoms with Crippen LogP contribution in [0.3, 0.4) is 0 Å². The van der Waals surface area contributed by atoms with Gasteiger partial charge in [0.2, 0.25) is 0 Å². The molecule has 0 aromatic heterocycles. The second-order valence-corrected chi connectivity index (χ2v) is 4.16. The molecule has 4 heteroatoms. The van der Waals surface area contributed by atoms with Crippen LogP contribution in [0.1, 0.15) is 30.9 Å². The molecule has 0 radical (unpaired) electrons. The molecule has 0 amide bonds. The lowest BCUT2D eigenvalue weighted by Gasteiger charge is -2.32. The van der Waals surface area contributed by atoms with E-state index in [2.05, 4.69) is 5.32 Å². The van der Waals surface area contributed by atoms with Gasteiger partial charge in [0.1, 0.15) is 6.04 Å². The minimum atomic E-state index is -4.13. The van der Waals surface area contributed by atoms with Crippen molar-refractivity contribution < 1.29 is 13.2 Å². The van der Waals surface area contributed by atoms with Crippen molar-refractivity contribution in [2.45, 2.75) is 37.5 Å². The number of benzene rings is 1. The molecule has 1 fully saturated rings. The highest BCUT2D eigenvalue weighted by molar-refractivity contribution is 5.19. The van der Waals surface area contributed by atoms with Crippen molar-refractivity contribution in [2.75, 3.05) is 0 Å². The van der Waals surface area contributed by atoms with Crippen LogP contribution in [0.2, 0.25) is 0 Å². The minimum Gasteiger partial charge on any atom is -0.299 e. The van der Waals surface area contributed by atoms with Gasteiger partial charge >= 0.3 is 6.18 Å². The Kier molecular flexibility index (Phi) is 3.19. The van der Waals surface area contributed by atoms with Crippen LogP contribution in [-0.2, 0) is 0 Å². The first-order valence-corrected chi connectivity index (χ1v) is 5.45. The zero-order chi connectivity index (χ0) is 11.6. The van der Waals surface area contributed by atoms with E-state index in [1.54, 1.807) is 0 Å². The van der Waals surface area contributed by atoms with Crippen LogP contribution in [0.25, 0.3) is 0 Å². The number of hydrogen-bond acceptors (Lipinski definition) is 1. The monoisotopic (exact) mass is 229 g/mol. The lowest BCUT2D eigenvalue weighted by Crippen LogP contribution is -2.46. The summed E-state index contributed by atoms with van der Waals surface area (Å²) in [6.45, 7) is 0. The van der Waals surface area contributed by atoms with Crippen LogP contribution in [-0.4, -0.2) is 12.2 Å². The Hall–Kier alpha value is -1.03. The summed E-state index contributed by atoms with van der Waals surface area (Å²) in [4.78, 5) is 0. The molecular formula is C12H14F3N. The van der Waals surface area contributed by atoms with Gasteiger partial charge in [0.05, 0.1) is 0 Å². The van der Waals surface area contributed by atoms with Crippen molar-refractivity contribution in [1.82, 2.24) is 5.32 Å². The highest BCUT2D eigenvalue weighted by Crippen LogP contribution is 2.32. The van der Waals surface area contributed by atoms with Gasteiger partial charge in [-0.3, -0.25) is 5.32 Å². The van der Waals surface area contributed by atoms with Gasteiger partial charge in [-0.15, -0.1) is 0 Å². The summed E-state index contributed by atoms with van der Waals surface area (Å²) < 4.78 is 37.7. The summed E-state index contributed by atoms with van der Waals surface area (Å²) in [5.41, 5.74) is 0.941. The lowest BCUT2D eigenvalue weighted by atomic mass is 9.93. The minimum absolute atomic E-state index is 0.165. The third-order valence-corrected chi connectivity index (χ3v) is 2.99. The first-order valence-electron chi connectivity index (χ1n) is 5.45. The average molecular weight is 229 g/mol. The molecule has 16 heavy (non-hydrogen) atoms. The number of halogens is 3. The Morgan fingerprint density at radius 2 is 1.75 bits per heavy atom. The maximum absolute atomic E-state index is 12.6. The van der Waals surface area contributed by atoms with Gasteiger partial charge < -0.3 is 0 Å². The van der Waals surface area contributed by atoms with E-state index in [1.807, 2.05) is 30.3 Å². The van der Waals surface area contributed by atoms with Gasteiger partial charge in [-0.25, -0.2) is 0 Å². The fraction of sp³-hybridized carbons (Fsp3) is 0.500. The predicted octanol–water partition coefficient (Wildman–Crippen LogP) is 3.43. The Morgan fingerprint density at radius 3 is 2.38 bits per heavy atom. The summed E-state index contributed by atoms with van der Waals surface area (Å²) in [6.07, 6.45) is -2.55. The van der Waals surface area contributed by atoms with Gasteiger partial charge in [0.15, 0.2) is 0 Å². The fourth-order valence-electron chi connectivity index (χ4n) is 2.14. The van der Waals surface area contributed by atoms with E-state index in [9.17, 15) is 13.2 Å². The van der Waals surface area contributed by atoms with Crippen molar-refractivity contribution in [3.8, 4) is 0 Å². The van der Waals surface area contributed by atoms with Crippen molar-refractivity contribution in [3.05, 3.63) is 35.9 Å². The van der Waals surface area contributed by atoms with Crippen molar-refractivity contribution in [2.24, 2.45) is 0 Å². The number of alkyl halides is 3. The topological polar surface area (TPSA) is 12.0 Å². The SMILES string of the molecule is FC(F)(F)[C@@H]1CCCC(c2ccccc2)N1. The fourth-order valence-corrected chi connectivity index (χ4v) is 2.14. The zero-order valence-corrected chi connectivity index (χ0v) is 8.80. The molecule has 1 aliphatic heterocycles. The summed E-state index contributed by atoms with van der Waals surface area (Å²) in [7, 11) is 0. The molecule has 1 saturated heterocycles. The molecule has 0 bridgehead atoms. The molecule has 0 saturated carbocycles. The highest BCUT2D eigenvalue weighted by Gasteiger charge is 2.42. The first kappa shape index (κ1) is 11.5. The molecule has 1 nitrogen and oxygen atoms in total. The lowest BCUT2D eigenvalue weighted by molar-refractivity contribution is -0.163. The third-order valence-electron chi connectivity index (χ3n) is 2.99. The predicted molar refractivity (Wildman–Crippen MR) is 56.0 cm³/mol. The van der Waals surface area contributed by atoms with Gasteiger partial charge in [0, 0.05) is 6.04 Å². The molecular weight excluding hydrogens is 215 g/mol. The van der Waals surface area contributed by atoms with Gasteiger partial charge in [-0.05, 0) is 24.8 Å². The number of rotatable bonds is 1. The third kappa shape index (κ3) is 2.55. The molecule has 1 aromatic rings. The first-order chi connectivity index (χ1) is 7.57. The van der Waals surface area contributed by atoms with Crippen molar-refractivity contribution in [1.29, 1.82) is 0 Å². The Morgan fingerprint density at radius 1 is 1.06 bits per heavy atom. The zero-order valence-electron chi connectivity index (χ0n) is 8.80. The Bertz CT molecular complexity index is 334. The largest absolute Gasteiger partial charge is 0.403 e. The summed E-state index contributed by atoms with van der Waals surface area (Å²) in [5, 5.41) is 2.68. The van der Waals surface area contributed by atoms with E-state index in [0.29, 0.717) is 6.42 Å². The molecule has 88 valence electrons. The van der Waals surface area contributed by atoms with Gasteiger partial charge in [-0.1, -0.05) is 30.3 Å². The second-order valence-electron chi connectivity index (χ2n) is 4.16. The maximum atomic E-state index is 12.6. The Labute approximate surface area is 92.7 Å². The average Bonchev–Trinajstić information content (AvgIpc) is 2.29. The smallest absolute Gasteiger partial charge is 0.299 e. The quantitative estimate of drug-likeness (QED) is 0.777. The second kappa shape index (κ2) is 4.45. The Balaban J connectivity index is 2.08. The van der Waals surface area contributed by atoms with Crippen LogP contribution < -0.4 is 5.32 Å². The van der Waals surface area contributed by atoms with Crippen LogP contribution in [0.4, 0.5) is 13.2 Å². The molecule has 1 heterocycles. The van der Waals surface area contributed by atoms with E-state index in [0.717, 1.165) is 12.0 Å². The van der Waals surface area contributed by atoms with E-state index >= 15 is 0 Å². The van der Waals surface area contributed by atoms with E-state index in [1.165, 1.54) is 0 Å². The maximum Gasteiger partial charge on any atom is 0.403 e. The van der Waals surface area contributed by atoms with E-state index in [-0.39, 0.29) is 12.5 Å².